The predicted octanol–water partition coefficient (Wildman–Crippen LogP) is 4.28. The summed E-state index contributed by atoms with van der Waals surface area (Å²) in [5.41, 5.74) is 5.25. The van der Waals surface area contributed by atoms with Crippen LogP contribution in [0.25, 0.3) is 0 Å². The molecule has 0 aliphatic rings. The molecule has 0 spiro atoms. The Labute approximate surface area is 139 Å². The fraction of sp³-hybridized carbons (Fsp3) is 0. The standard InChI is InChI=1S/C12H8BrCl2FN2O2S/c13-6-3-8(14)12(9(15)4-6)21(19,20)18-7-1-2-11(17)10(16)5-7/h1-5,18H,17H2. The zero-order valence-electron chi connectivity index (χ0n) is 10.2. The molecule has 3 N–H and O–H groups in total. The van der Waals surface area contributed by atoms with E-state index in [2.05, 4.69) is 20.7 Å². The lowest BCUT2D eigenvalue weighted by molar-refractivity contribution is 0.601. The molecular formula is C12H8BrCl2FN2O2S. The van der Waals surface area contributed by atoms with Crippen molar-refractivity contribution in [3.8, 4) is 0 Å². The molecule has 2 rings (SSSR count). The molecule has 0 heterocycles. The molecule has 0 unspecified atom stereocenters. The smallest absolute Gasteiger partial charge is 0.264 e. The molecule has 0 saturated carbocycles. The molecule has 21 heavy (non-hydrogen) atoms. The van der Waals surface area contributed by atoms with Crippen LogP contribution in [0.5, 0.6) is 0 Å². The lowest BCUT2D eigenvalue weighted by Gasteiger charge is -2.12. The normalized spacial score (nSPS) is 11.4. The van der Waals surface area contributed by atoms with Crippen LogP contribution in [-0.4, -0.2) is 8.42 Å². The van der Waals surface area contributed by atoms with Crippen molar-refractivity contribution in [1.82, 2.24) is 0 Å². The minimum Gasteiger partial charge on any atom is -0.396 e. The van der Waals surface area contributed by atoms with E-state index in [1.807, 2.05) is 0 Å². The summed E-state index contributed by atoms with van der Waals surface area (Å²) in [5, 5.41) is -0.115. The van der Waals surface area contributed by atoms with Gasteiger partial charge in [-0.2, -0.15) is 0 Å². The highest BCUT2D eigenvalue weighted by atomic mass is 79.9. The van der Waals surface area contributed by atoms with E-state index in [4.69, 9.17) is 28.9 Å². The Morgan fingerprint density at radius 3 is 2.24 bits per heavy atom. The first-order valence-electron chi connectivity index (χ1n) is 5.43. The lowest BCUT2D eigenvalue weighted by atomic mass is 10.3. The van der Waals surface area contributed by atoms with Crippen LogP contribution in [0, 0.1) is 5.82 Å². The first-order chi connectivity index (χ1) is 9.70. The van der Waals surface area contributed by atoms with Gasteiger partial charge in [0.1, 0.15) is 10.7 Å². The summed E-state index contributed by atoms with van der Waals surface area (Å²) in [7, 11) is -4.06. The van der Waals surface area contributed by atoms with Crippen LogP contribution in [0.3, 0.4) is 0 Å². The number of hydrogen-bond donors (Lipinski definition) is 2. The maximum Gasteiger partial charge on any atom is 0.264 e. The Hall–Kier alpha value is -1.02. The van der Waals surface area contributed by atoms with Gasteiger partial charge in [0.25, 0.3) is 10.0 Å². The van der Waals surface area contributed by atoms with Gasteiger partial charge < -0.3 is 5.73 Å². The van der Waals surface area contributed by atoms with E-state index in [1.165, 1.54) is 24.3 Å². The van der Waals surface area contributed by atoms with Gasteiger partial charge in [0, 0.05) is 10.5 Å². The quantitative estimate of drug-likeness (QED) is 0.737. The zero-order chi connectivity index (χ0) is 15.8. The molecule has 2 aromatic rings. The SMILES string of the molecule is Nc1ccc(NS(=O)(=O)c2c(Cl)cc(Br)cc2Cl)cc1F. The molecule has 2 aromatic carbocycles. The lowest BCUT2D eigenvalue weighted by Crippen LogP contribution is -2.14. The summed E-state index contributed by atoms with van der Waals surface area (Å²) in [6, 6.07) is 6.33. The van der Waals surface area contributed by atoms with E-state index in [0.29, 0.717) is 4.47 Å². The van der Waals surface area contributed by atoms with Crippen molar-refractivity contribution in [3.63, 3.8) is 0 Å². The number of nitrogen functional groups attached to an aromatic ring is 1. The van der Waals surface area contributed by atoms with Gasteiger partial charge in [-0.25, -0.2) is 12.8 Å². The van der Waals surface area contributed by atoms with Crippen molar-refractivity contribution in [2.45, 2.75) is 4.90 Å². The third-order valence-corrected chi connectivity index (χ3v) is 5.24. The molecule has 0 radical (unpaired) electrons. The Morgan fingerprint density at radius 1 is 1.14 bits per heavy atom. The predicted molar refractivity (Wildman–Crippen MR) is 85.8 cm³/mol. The van der Waals surface area contributed by atoms with E-state index >= 15 is 0 Å². The summed E-state index contributed by atoms with van der Waals surface area (Å²) in [6.45, 7) is 0. The van der Waals surface area contributed by atoms with E-state index in [1.54, 1.807) is 0 Å². The molecule has 0 atom stereocenters. The van der Waals surface area contributed by atoms with Gasteiger partial charge in [-0.05, 0) is 24.3 Å². The molecule has 112 valence electrons. The summed E-state index contributed by atoms with van der Waals surface area (Å²) >= 11 is 15.0. The van der Waals surface area contributed by atoms with Crippen molar-refractivity contribution in [2.75, 3.05) is 10.5 Å². The fourth-order valence-electron chi connectivity index (χ4n) is 1.58. The molecule has 0 fully saturated rings. The van der Waals surface area contributed by atoms with Gasteiger partial charge in [0.15, 0.2) is 0 Å². The number of anilines is 2. The van der Waals surface area contributed by atoms with Gasteiger partial charge in [-0.3, -0.25) is 4.72 Å². The molecule has 0 bridgehead atoms. The van der Waals surface area contributed by atoms with E-state index in [0.717, 1.165) is 6.07 Å². The first-order valence-corrected chi connectivity index (χ1v) is 8.46. The number of nitrogens with two attached hydrogens (primary N) is 1. The fourth-order valence-corrected chi connectivity index (χ4v) is 4.57. The maximum absolute atomic E-state index is 13.4. The molecular weight excluding hydrogens is 406 g/mol. The van der Waals surface area contributed by atoms with Crippen LogP contribution < -0.4 is 10.5 Å². The number of hydrogen-bond acceptors (Lipinski definition) is 3. The molecule has 0 aliphatic carbocycles. The van der Waals surface area contributed by atoms with Crippen molar-refractivity contribution in [3.05, 3.63) is 50.7 Å². The van der Waals surface area contributed by atoms with Gasteiger partial charge in [-0.1, -0.05) is 39.1 Å². The molecule has 0 aromatic heterocycles. The Morgan fingerprint density at radius 2 is 1.71 bits per heavy atom. The van der Waals surface area contributed by atoms with Crippen LogP contribution >= 0.6 is 39.1 Å². The topological polar surface area (TPSA) is 72.2 Å². The maximum atomic E-state index is 13.4. The van der Waals surface area contributed by atoms with Crippen molar-refractivity contribution < 1.29 is 12.8 Å². The highest BCUT2D eigenvalue weighted by Crippen LogP contribution is 2.34. The van der Waals surface area contributed by atoms with Gasteiger partial charge in [0.2, 0.25) is 0 Å². The van der Waals surface area contributed by atoms with Crippen LogP contribution in [0.2, 0.25) is 10.0 Å². The second-order valence-corrected chi connectivity index (χ2v) is 7.39. The van der Waals surface area contributed by atoms with Crippen molar-refractivity contribution >= 4 is 60.5 Å². The summed E-state index contributed by atoms with van der Waals surface area (Å²) in [5.74, 6) is -0.733. The monoisotopic (exact) mass is 412 g/mol. The second-order valence-electron chi connectivity index (χ2n) is 4.04. The highest BCUT2D eigenvalue weighted by Gasteiger charge is 2.22. The molecule has 4 nitrogen and oxygen atoms in total. The van der Waals surface area contributed by atoms with Gasteiger partial charge in [0.05, 0.1) is 21.4 Å². The minimum atomic E-state index is -4.06. The molecule has 0 saturated heterocycles. The van der Waals surface area contributed by atoms with E-state index < -0.39 is 15.8 Å². The van der Waals surface area contributed by atoms with Crippen LogP contribution in [0.15, 0.2) is 39.7 Å². The Bertz CT molecular complexity index is 792. The van der Waals surface area contributed by atoms with E-state index in [9.17, 15) is 12.8 Å². The first kappa shape index (κ1) is 16.4. The zero-order valence-corrected chi connectivity index (χ0v) is 14.1. The highest BCUT2D eigenvalue weighted by molar-refractivity contribution is 9.10. The van der Waals surface area contributed by atoms with Crippen molar-refractivity contribution in [2.24, 2.45) is 0 Å². The van der Waals surface area contributed by atoms with Gasteiger partial charge in [-0.15, -0.1) is 0 Å². The minimum absolute atomic E-state index is 0.0109. The molecule has 0 amide bonds. The number of nitrogens with one attached hydrogen (secondary N) is 1. The second kappa shape index (κ2) is 6.00. The number of sulfonamides is 1. The third kappa shape index (κ3) is 3.60. The third-order valence-electron chi connectivity index (χ3n) is 2.48. The number of rotatable bonds is 3. The largest absolute Gasteiger partial charge is 0.396 e. The molecule has 0 aliphatic heterocycles. The van der Waals surface area contributed by atoms with Crippen LogP contribution in [0.1, 0.15) is 0 Å². The summed E-state index contributed by atoms with van der Waals surface area (Å²) in [4.78, 5) is -0.286. The number of benzene rings is 2. The van der Waals surface area contributed by atoms with Crippen molar-refractivity contribution in [1.29, 1.82) is 0 Å². The number of halogens is 4. The van der Waals surface area contributed by atoms with E-state index in [-0.39, 0.29) is 26.3 Å². The summed E-state index contributed by atoms with van der Waals surface area (Å²) in [6.07, 6.45) is 0. The molecule has 9 heteroatoms. The van der Waals surface area contributed by atoms with Crippen LogP contribution in [0.4, 0.5) is 15.8 Å². The van der Waals surface area contributed by atoms with Crippen LogP contribution in [-0.2, 0) is 10.0 Å². The average Bonchev–Trinajstić information content (AvgIpc) is 2.31. The average molecular weight is 414 g/mol. The summed E-state index contributed by atoms with van der Waals surface area (Å²) < 4.78 is 40.7. The Balaban J connectivity index is 2.46. The van der Waals surface area contributed by atoms with Gasteiger partial charge >= 0.3 is 0 Å². The Kier molecular flexibility index (Phi) is 4.67.